The van der Waals surface area contributed by atoms with Gasteiger partial charge in [-0.25, -0.2) is 0 Å². The molecule has 0 atom stereocenters. The Morgan fingerprint density at radius 2 is 0.326 bits per heavy atom. The summed E-state index contributed by atoms with van der Waals surface area (Å²) < 4.78 is 0. The van der Waals surface area contributed by atoms with E-state index in [1.165, 1.54) is 5.56 Å². The summed E-state index contributed by atoms with van der Waals surface area (Å²) in [5.74, 6) is 0. The fourth-order valence-electron chi connectivity index (χ4n) is 12.8. The second-order valence-electron chi connectivity index (χ2n) is 23.3. The molecule has 434 valence electrons. The minimum Gasteiger partial charge on any atom is -0.310 e. The first-order chi connectivity index (χ1) is 45.6. The Morgan fingerprint density at radius 3 is 0.652 bits per heavy atom. The van der Waals surface area contributed by atoms with Crippen molar-refractivity contribution in [3.63, 3.8) is 0 Å². The molecule has 0 fully saturated rings. The molecule has 0 heterocycles. The summed E-state index contributed by atoms with van der Waals surface area (Å²) >= 11 is 0. The van der Waals surface area contributed by atoms with E-state index in [0.717, 1.165) is 140 Å². The minimum atomic E-state index is 1.05. The second-order valence-corrected chi connectivity index (χ2v) is 23.3. The number of rotatable bonds is 16. The average Bonchev–Trinajstić information content (AvgIpc) is 0.927. The van der Waals surface area contributed by atoms with E-state index in [1.807, 2.05) is 0 Å². The van der Waals surface area contributed by atoms with Crippen LogP contribution >= 0.6 is 0 Å². The average molecular weight is 1170 g/mol. The van der Waals surface area contributed by atoms with Gasteiger partial charge in [-0.1, -0.05) is 309 Å². The van der Waals surface area contributed by atoms with E-state index in [2.05, 4.69) is 398 Å². The van der Waals surface area contributed by atoms with E-state index in [0.29, 0.717) is 0 Å². The van der Waals surface area contributed by atoms with Crippen LogP contribution in [0, 0.1) is 0 Å². The molecule has 92 heavy (non-hydrogen) atoms. The van der Waals surface area contributed by atoms with Crippen LogP contribution < -0.4 is 9.80 Å². The van der Waals surface area contributed by atoms with Gasteiger partial charge in [0, 0.05) is 33.9 Å². The maximum atomic E-state index is 2.47. The lowest BCUT2D eigenvalue weighted by Crippen LogP contribution is -2.12. The SMILES string of the molecule is c1ccc(-c2cccc(N(c3cc(-c4ccccc4)cc(-c4ccccc4)c3)c3ccccc3-c3ccc(-c4ccc(-c5cc(-c6ccccc6)cc(N(c6cc(-c7ccccc7)cc(-c7ccccc7)c6)c6ccccc6-c6ccccc6)c5)cc4)cc3)c2)cc1. The smallest absolute Gasteiger partial charge is 0.0540 e. The van der Waals surface area contributed by atoms with Gasteiger partial charge >= 0.3 is 0 Å². The van der Waals surface area contributed by atoms with Gasteiger partial charge in [-0.3, -0.25) is 0 Å². The predicted octanol–water partition coefficient (Wildman–Crippen LogP) is 25.3. The van der Waals surface area contributed by atoms with E-state index in [9.17, 15) is 0 Å². The van der Waals surface area contributed by atoms with Gasteiger partial charge in [0.1, 0.15) is 0 Å². The third-order valence-electron chi connectivity index (χ3n) is 17.4. The Kier molecular flexibility index (Phi) is 15.9. The number of hydrogen-bond donors (Lipinski definition) is 0. The highest BCUT2D eigenvalue weighted by molar-refractivity contribution is 5.95. The molecule has 2 heteroatoms. The zero-order valence-corrected chi connectivity index (χ0v) is 50.8. The van der Waals surface area contributed by atoms with Gasteiger partial charge in [0.2, 0.25) is 0 Å². The molecule has 0 unspecified atom stereocenters. The fraction of sp³-hybridized carbons (Fsp3) is 0. The Balaban J connectivity index is 0.826. The van der Waals surface area contributed by atoms with Crippen molar-refractivity contribution < 1.29 is 0 Å². The molecular formula is C90H64N2. The Labute approximate surface area is 540 Å². The van der Waals surface area contributed by atoms with Gasteiger partial charge in [-0.2, -0.15) is 0 Å². The van der Waals surface area contributed by atoms with Crippen LogP contribution in [-0.2, 0) is 0 Å². The largest absolute Gasteiger partial charge is 0.310 e. The molecule has 0 radical (unpaired) electrons. The van der Waals surface area contributed by atoms with E-state index in [-0.39, 0.29) is 0 Å². The maximum absolute atomic E-state index is 2.47. The van der Waals surface area contributed by atoms with E-state index < -0.39 is 0 Å². The molecule has 0 saturated carbocycles. The predicted molar refractivity (Wildman–Crippen MR) is 390 cm³/mol. The third kappa shape index (κ3) is 12.0. The van der Waals surface area contributed by atoms with Gasteiger partial charge in [-0.15, -0.1) is 0 Å². The molecule has 0 saturated heterocycles. The van der Waals surface area contributed by atoms with Crippen LogP contribution in [0.25, 0.3) is 111 Å². The molecule has 0 bridgehead atoms. The first-order valence-corrected chi connectivity index (χ1v) is 31.5. The molecule has 0 aliphatic rings. The third-order valence-corrected chi connectivity index (χ3v) is 17.4. The van der Waals surface area contributed by atoms with Crippen molar-refractivity contribution >= 4 is 34.1 Å². The molecule has 0 N–H and O–H groups in total. The molecule has 0 spiro atoms. The molecule has 2 nitrogen and oxygen atoms in total. The number of benzene rings is 15. The van der Waals surface area contributed by atoms with E-state index in [1.54, 1.807) is 0 Å². The highest BCUT2D eigenvalue weighted by Gasteiger charge is 2.23. The highest BCUT2D eigenvalue weighted by Crippen LogP contribution is 2.48. The number of hydrogen-bond acceptors (Lipinski definition) is 2. The summed E-state index contributed by atoms with van der Waals surface area (Å²) in [4.78, 5) is 4.91. The van der Waals surface area contributed by atoms with Crippen LogP contribution in [0.1, 0.15) is 0 Å². The van der Waals surface area contributed by atoms with Crippen LogP contribution in [0.4, 0.5) is 34.1 Å². The topological polar surface area (TPSA) is 6.48 Å². The molecule has 0 aromatic heterocycles. The summed E-state index contributed by atoms with van der Waals surface area (Å²) in [7, 11) is 0. The Bertz CT molecular complexity index is 4860. The van der Waals surface area contributed by atoms with Crippen molar-refractivity contribution in [3.05, 3.63) is 388 Å². The lowest BCUT2D eigenvalue weighted by atomic mass is 9.94. The van der Waals surface area contributed by atoms with Crippen molar-refractivity contribution in [1.29, 1.82) is 0 Å². The first kappa shape index (κ1) is 56.4. The normalized spacial score (nSPS) is 11.0. The van der Waals surface area contributed by atoms with Crippen LogP contribution in [0.2, 0.25) is 0 Å². The number of para-hydroxylation sites is 2. The van der Waals surface area contributed by atoms with Crippen LogP contribution in [0.5, 0.6) is 0 Å². The Morgan fingerprint density at radius 1 is 0.120 bits per heavy atom. The summed E-state index contributed by atoms with van der Waals surface area (Å²) in [6, 6.07) is 141. The van der Waals surface area contributed by atoms with Crippen LogP contribution in [0.15, 0.2) is 388 Å². The standard InChI is InChI=1S/C90H64N2/c1-8-27-65(28-9-1)76-41-26-42-83(58-76)91(84-59-77(66-29-10-2-11-30-66)55-78(60-84)67-31-12-3-13-32-67)89-45-24-23-44-88(89)75-53-51-72(52-54-75)71-47-49-73(50-48-71)82-57-81(70-37-18-6-19-38-70)63-86(64-82)92(90-46-25-22-43-87(90)74-39-20-7-21-40-74)85-61-79(68-33-14-4-15-34-68)56-80(62-85)69-35-16-5-17-36-69/h1-64H. The monoisotopic (exact) mass is 1170 g/mol. The van der Waals surface area contributed by atoms with Crippen LogP contribution in [-0.4, -0.2) is 0 Å². The molecule has 0 aliphatic heterocycles. The lowest BCUT2D eigenvalue weighted by Gasteiger charge is -2.30. The van der Waals surface area contributed by atoms with E-state index >= 15 is 0 Å². The number of anilines is 6. The minimum absolute atomic E-state index is 1.05. The van der Waals surface area contributed by atoms with Crippen molar-refractivity contribution in [3.8, 4) is 111 Å². The van der Waals surface area contributed by atoms with Crippen molar-refractivity contribution in [2.75, 3.05) is 9.80 Å². The molecule has 15 aromatic rings. The van der Waals surface area contributed by atoms with Crippen molar-refractivity contribution in [2.24, 2.45) is 0 Å². The summed E-state index contributed by atoms with van der Waals surface area (Å²) in [6.45, 7) is 0. The molecule has 15 aromatic carbocycles. The molecule has 0 amide bonds. The van der Waals surface area contributed by atoms with Gasteiger partial charge in [-0.05, 0) is 179 Å². The van der Waals surface area contributed by atoms with Gasteiger partial charge in [0.05, 0.1) is 11.4 Å². The quantitative estimate of drug-likeness (QED) is 0.0951. The summed E-state index contributed by atoms with van der Waals surface area (Å²) in [6.07, 6.45) is 0. The first-order valence-electron chi connectivity index (χ1n) is 31.5. The summed E-state index contributed by atoms with van der Waals surface area (Å²) in [5, 5.41) is 0. The molecular weight excluding hydrogens is 1110 g/mol. The van der Waals surface area contributed by atoms with Gasteiger partial charge < -0.3 is 9.80 Å². The van der Waals surface area contributed by atoms with Gasteiger partial charge in [0.15, 0.2) is 0 Å². The van der Waals surface area contributed by atoms with Crippen LogP contribution in [0.3, 0.4) is 0 Å². The van der Waals surface area contributed by atoms with E-state index in [4.69, 9.17) is 0 Å². The second kappa shape index (κ2) is 25.9. The number of nitrogens with zero attached hydrogens (tertiary/aromatic N) is 2. The maximum Gasteiger partial charge on any atom is 0.0540 e. The van der Waals surface area contributed by atoms with Crippen molar-refractivity contribution in [2.45, 2.75) is 0 Å². The summed E-state index contributed by atoms with van der Waals surface area (Å²) in [5.41, 5.74) is 29.3. The highest BCUT2D eigenvalue weighted by atomic mass is 15.2. The molecule has 0 aliphatic carbocycles. The Hall–Kier alpha value is -12.1. The lowest BCUT2D eigenvalue weighted by molar-refractivity contribution is 1.28. The molecule has 15 rings (SSSR count). The zero-order chi connectivity index (χ0) is 61.4. The van der Waals surface area contributed by atoms with Crippen molar-refractivity contribution in [1.82, 2.24) is 0 Å². The fourth-order valence-corrected chi connectivity index (χ4v) is 12.8. The van der Waals surface area contributed by atoms with Gasteiger partial charge in [0.25, 0.3) is 0 Å². The zero-order valence-electron chi connectivity index (χ0n) is 50.8.